The summed E-state index contributed by atoms with van der Waals surface area (Å²) in [5.74, 6) is -2.72. The Morgan fingerprint density at radius 3 is 1.50 bits per heavy atom. The summed E-state index contributed by atoms with van der Waals surface area (Å²) in [6, 6.07) is -2.64. The maximum atomic E-state index is 10.2. The van der Waals surface area contributed by atoms with Crippen molar-refractivity contribution in [3.63, 3.8) is 0 Å². The van der Waals surface area contributed by atoms with Crippen molar-refractivity contribution in [1.29, 1.82) is 0 Å². The van der Waals surface area contributed by atoms with Crippen LogP contribution in [0.1, 0.15) is 33.1 Å². The normalized spacial score (nSPS) is 13.0. The van der Waals surface area contributed by atoms with E-state index in [0.717, 1.165) is 0 Å². The number of hydrogen-bond donors (Lipinski definition) is 9. The van der Waals surface area contributed by atoms with E-state index in [2.05, 4.69) is 4.99 Å². The van der Waals surface area contributed by atoms with Crippen LogP contribution >= 0.6 is 0 Å². The fourth-order valence-electron chi connectivity index (χ4n) is 1.33. The Morgan fingerprint density at radius 2 is 1.29 bits per heavy atom. The second kappa shape index (κ2) is 17.9. The number of carboxylic acids is 3. The molecule has 13 heteroatoms. The Balaban J connectivity index is -0.000000349. The molecule has 0 saturated heterocycles. The van der Waals surface area contributed by atoms with Crippen molar-refractivity contribution in [1.82, 2.24) is 0 Å². The van der Waals surface area contributed by atoms with Crippen molar-refractivity contribution in [3.8, 4) is 0 Å². The molecule has 0 aliphatic heterocycles. The molecule has 166 valence electrons. The third-order valence-corrected chi connectivity index (χ3v) is 2.84. The van der Waals surface area contributed by atoms with Crippen LogP contribution in [0.5, 0.6) is 0 Å². The minimum atomic E-state index is -1.18. The Labute approximate surface area is 163 Å². The second-order valence-electron chi connectivity index (χ2n) is 6.10. The number of guanidine groups is 1. The van der Waals surface area contributed by atoms with Crippen LogP contribution in [0.4, 0.5) is 0 Å². The van der Waals surface area contributed by atoms with E-state index in [0.29, 0.717) is 31.7 Å². The first-order valence-electron chi connectivity index (χ1n) is 8.37. The topological polar surface area (TPSA) is 275 Å². The number of aliphatic hydroxyl groups excluding tert-OH is 1. The Morgan fingerprint density at radius 1 is 0.857 bits per heavy atom. The van der Waals surface area contributed by atoms with E-state index in [-0.39, 0.29) is 5.96 Å². The lowest BCUT2D eigenvalue weighted by Gasteiger charge is -2.07. The van der Waals surface area contributed by atoms with Crippen LogP contribution in [-0.2, 0) is 14.4 Å². The Kier molecular flexibility index (Phi) is 19.4. The molecule has 0 aromatic heterocycles. The third kappa shape index (κ3) is 23.5. The molecule has 0 heterocycles. The number of aliphatic hydroxyl groups is 1. The quantitative estimate of drug-likeness (QED) is 0.101. The zero-order chi connectivity index (χ0) is 22.9. The molecule has 0 aromatic carbocycles. The summed E-state index contributed by atoms with van der Waals surface area (Å²) < 4.78 is 0. The first-order chi connectivity index (χ1) is 12.8. The highest BCUT2D eigenvalue weighted by atomic mass is 16.4. The lowest BCUT2D eigenvalue weighted by atomic mass is 10.1. The molecule has 0 rings (SSSR count). The molecular formula is C15H34N6O7. The van der Waals surface area contributed by atoms with Crippen LogP contribution in [-0.4, -0.2) is 75.6 Å². The summed E-state index contributed by atoms with van der Waals surface area (Å²) in [4.78, 5) is 33.7. The van der Waals surface area contributed by atoms with Crippen LogP contribution in [0.15, 0.2) is 4.99 Å². The molecule has 13 nitrogen and oxygen atoms in total. The summed E-state index contributed by atoms with van der Waals surface area (Å²) in [6.07, 6.45) is 1.51. The molecule has 14 N–H and O–H groups in total. The van der Waals surface area contributed by atoms with Gasteiger partial charge in [0.15, 0.2) is 5.96 Å². The fourth-order valence-corrected chi connectivity index (χ4v) is 1.33. The van der Waals surface area contributed by atoms with Gasteiger partial charge in [-0.2, -0.15) is 0 Å². The minimum Gasteiger partial charge on any atom is -0.480 e. The number of aliphatic imine (C=N–C) groups is 1. The van der Waals surface area contributed by atoms with Crippen LogP contribution in [0, 0.1) is 5.92 Å². The highest BCUT2D eigenvalue weighted by molar-refractivity contribution is 5.75. The van der Waals surface area contributed by atoms with E-state index in [9.17, 15) is 14.4 Å². The van der Waals surface area contributed by atoms with Crippen LogP contribution in [0.25, 0.3) is 0 Å². The third-order valence-electron chi connectivity index (χ3n) is 2.84. The monoisotopic (exact) mass is 410 g/mol. The van der Waals surface area contributed by atoms with Crippen LogP contribution in [0.2, 0.25) is 0 Å². The number of hydrogen-bond acceptors (Lipinski definition) is 8. The molecule has 3 atom stereocenters. The van der Waals surface area contributed by atoms with Gasteiger partial charge in [0, 0.05) is 6.54 Å². The molecule has 28 heavy (non-hydrogen) atoms. The average molecular weight is 410 g/mol. The molecule has 0 bridgehead atoms. The zero-order valence-corrected chi connectivity index (χ0v) is 16.2. The molecule has 0 aromatic rings. The summed E-state index contributed by atoms with van der Waals surface area (Å²) in [5.41, 5.74) is 25.3. The molecular weight excluding hydrogens is 376 g/mol. The molecule has 0 radical (unpaired) electrons. The Bertz CT molecular complexity index is 484. The van der Waals surface area contributed by atoms with E-state index < -0.39 is 42.6 Å². The lowest BCUT2D eigenvalue weighted by molar-refractivity contribution is -0.140. The van der Waals surface area contributed by atoms with Gasteiger partial charge in [0.2, 0.25) is 0 Å². The van der Waals surface area contributed by atoms with Crippen molar-refractivity contribution in [2.75, 3.05) is 13.2 Å². The first-order valence-corrected chi connectivity index (χ1v) is 8.37. The predicted octanol–water partition coefficient (Wildman–Crippen LogP) is -2.71. The van der Waals surface area contributed by atoms with Crippen molar-refractivity contribution in [2.45, 2.75) is 51.2 Å². The first kappa shape index (κ1) is 30.3. The standard InChI is InChI=1S/C6H14N4O2.C6H13NO2.C3H7NO3/c7-4(5(11)12)2-1-3-10-6(8)9;1-4(2)3-5(7)6(8)9;4-2(1-5)3(6)7/h4H,1-3,7H2,(H,11,12)(H4,8,9,10);4-5H,3,7H2,1-2H3,(H,8,9);2,5H,1,4H2,(H,6,7)/t4-;5-;2-/m000/s1. The lowest BCUT2D eigenvalue weighted by Crippen LogP contribution is -2.33. The molecule has 0 amide bonds. The number of carbonyl (C=O) groups is 3. The summed E-state index contributed by atoms with van der Waals surface area (Å²) in [6.45, 7) is 3.81. The average Bonchev–Trinajstić information content (AvgIpc) is 2.57. The summed E-state index contributed by atoms with van der Waals surface area (Å²) in [7, 11) is 0. The van der Waals surface area contributed by atoms with Gasteiger partial charge < -0.3 is 49.1 Å². The number of nitrogens with two attached hydrogens (primary N) is 5. The van der Waals surface area contributed by atoms with E-state index in [1.807, 2.05) is 13.8 Å². The van der Waals surface area contributed by atoms with Gasteiger partial charge in [-0.1, -0.05) is 13.8 Å². The Hall–Kier alpha value is -2.48. The molecule has 0 fully saturated rings. The highest BCUT2D eigenvalue weighted by Crippen LogP contribution is 2.01. The van der Waals surface area contributed by atoms with Crippen molar-refractivity contribution in [3.05, 3.63) is 0 Å². The SMILES string of the molecule is CC(C)C[C@H](N)C(=O)O.NC(N)=NCCC[C@H](N)C(=O)O.N[C@@H](CO)C(=O)O. The van der Waals surface area contributed by atoms with Gasteiger partial charge >= 0.3 is 17.9 Å². The number of carboxylic acid groups (broad SMARTS) is 3. The van der Waals surface area contributed by atoms with E-state index in [4.69, 9.17) is 49.1 Å². The number of aliphatic carboxylic acids is 3. The van der Waals surface area contributed by atoms with Crippen molar-refractivity contribution >= 4 is 23.9 Å². The largest absolute Gasteiger partial charge is 0.480 e. The van der Waals surface area contributed by atoms with Crippen molar-refractivity contribution in [2.24, 2.45) is 39.6 Å². The number of rotatable bonds is 10. The zero-order valence-electron chi connectivity index (χ0n) is 16.2. The van der Waals surface area contributed by atoms with Gasteiger partial charge in [-0.05, 0) is 25.2 Å². The van der Waals surface area contributed by atoms with Gasteiger partial charge in [0.1, 0.15) is 18.1 Å². The van der Waals surface area contributed by atoms with Gasteiger partial charge in [0.05, 0.1) is 6.61 Å². The minimum absolute atomic E-state index is 0.0129. The van der Waals surface area contributed by atoms with Gasteiger partial charge in [-0.25, -0.2) is 0 Å². The smallest absolute Gasteiger partial charge is 0.322 e. The van der Waals surface area contributed by atoms with Gasteiger partial charge in [0.25, 0.3) is 0 Å². The van der Waals surface area contributed by atoms with Crippen LogP contribution < -0.4 is 28.7 Å². The number of nitrogens with zero attached hydrogens (tertiary/aromatic N) is 1. The summed E-state index contributed by atoms with van der Waals surface area (Å²) >= 11 is 0. The van der Waals surface area contributed by atoms with E-state index in [1.54, 1.807) is 0 Å². The molecule has 0 saturated carbocycles. The fraction of sp³-hybridized carbons (Fsp3) is 0.733. The van der Waals surface area contributed by atoms with Crippen LogP contribution in [0.3, 0.4) is 0 Å². The van der Waals surface area contributed by atoms with E-state index in [1.165, 1.54) is 0 Å². The highest BCUT2D eigenvalue weighted by Gasteiger charge is 2.12. The van der Waals surface area contributed by atoms with Crippen molar-refractivity contribution < 1.29 is 34.8 Å². The molecule has 0 aliphatic carbocycles. The molecule has 0 spiro atoms. The van der Waals surface area contributed by atoms with E-state index >= 15 is 0 Å². The van der Waals surface area contributed by atoms with Gasteiger partial charge in [-0.15, -0.1) is 0 Å². The summed E-state index contributed by atoms with van der Waals surface area (Å²) in [5, 5.41) is 32.6. The van der Waals surface area contributed by atoms with Gasteiger partial charge in [-0.3, -0.25) is 19.4 Å². The maximum Gasteiger partial charge on any atom is 0.322 e. The second-order valence-corrected chi connectivity index (χ2v) is 6.10. The predicted molar refractivity (Wildman–Crippen MR) is 103 cm³/mol. The maximum absolute atomic E-state index is 10.2. The molecule has 0 unspecified atom stereocenters. The molecule has 0 aliphatic rings.